The Morgan fingerprint density at radius 2 is 1.29 bits per heavy atom. The molecule has 0 aliphatic carbocycles. The van der Waals surface area contributed by atoms with E-state index in [4.69, 9.17) is 5.73 Å². The van der Waals surface area contributed by atoms with E-state index in [1.54, 1.807) is 0 Å². The number of nitrogens with two attached hydrogens (primary N) is 1. The highest BCUT2D eigenvalue weighted by molar-refractivity contribution is 4.71. The van der Waals surface area contributed by atoms with Crippen LogP contribution >= 0.6 is 0 Å². The molecule has 0 aliphatic heterocycles. The van der Waals surface area contributed by atoms with E-state index in [9.17, 15) is 0 Å². The molecule has 0 saturated heterocycles. The topological polar surface area (TPSA) is 26.0 Å². The molecule has 0 atom stereocenters. The van der Waals surface area contributed by atoms with Gasteiger partial charge in [-0.05, 0) is 43.1 Å². The summed E-state index contributed by atoms with van der Waals surface area (Å²) in [5.74, 6) is 0. The number of hydrogen-bond donors (Lipinski definition) is 1. The Hall–Kier alpha value is -0.0400. The molecule has 0 saturated carbocycles. The van der Waals surface area contributed by atoms with Crippen LogP contribution < -0.4 is 5.73 Å². The lowest BCUT2D eigenvalue weighted by Crippen LogP contribution is -2.15. The average Bonchev–Trinajstić information content (AvgIpc) is 1.98. The van der Waals surface area contributed by atoms with Gasteiger partial charge >= 0.3 is 0 Å². The molecule has 0 fully saturated rings. The first-order chi connectivity index (χ1) is 6.27. The van der Waals surface area contributed by atoms with E-state index in [0.717, 1.165) is 6.54 Å². The zero-order valence-electron chi connectivity index (χ0n) is 10.8. The molecule has 0 radical (unpaired) electrons. The Labute approximate surface area is 90.5 Å². The largest absolute Gasteiger partial charge is 0.330 e. The molecule has 0 aromatic rings. The minimum atomic E-state index is 0.490. The van der Waals surface area contributed by atoms with Crippen molar-refractivity contribution >= 4 is 0 Å². The van der Waals surface area contributed by atoms with Crippen LogP contribution in [0.15, 0.2) is 0 Å². The maximum atomic E-state index is 5.53. The van der Waals surface area contributed by atoms with Crippen molar-refractivity contribution in [2.75, 3.05) is 6.54 Å². The highest BCUT2D eigenvalue weighted by Crippen LogP contribution is 2.31. The van der Waals surface area contributed by atoms with Gasteiger partial charge in [-0.3, -0.25) is 0 Å². The lowest BCUT2D eigenvalue weighted by atomic mass is 9.80. The first-order valence-corrected chi connectivity index (χ1v) is 5.97. The van der Waals surface area contributed by atoms with E-state index in [0.29, 0.717) is 10.8 Å². The van der Waals surface area contributed by atoms with E-state index in [1.807, 2.05) is 0 Å². The third kappa shape index (κ3) is 8.55. The summed E-state index contributed by atoms with van der Waals surface area (Å²) in [6.07, 6.45) is 6.46. The maximum Gasteiger partial charge on any atom is -0.00771 e. The van der Waals surface area contributed by atoms with E-state index >= 15 is 0 Å². The van der Waals surface area contributed by atoms with Gasteiger partial charge in [-0.1, -0.05) is 41.0 Å². The Balaban J connectivity index is 3.65. The smallest absolute Gasteiger partial charge is 0.00771 e. The standard InChI is InChI=1S/C13H29N/c1-12(2,3)8-6-9-13(4,5)10-7-11-14/h6-11,14H2,1-5H3. The minimum absolute atomic E-state index is 0.490. The zero-order chi connectivity index (χ0) is 11.2. The fraction of sp³-hybridized carbons (Fsp3) is 1.00. The lowest BCUT2D eigenvalue weighted by Gasteiger charge is -2.26. The summed E-state index contributed by atoms with van der Waals surface area (Å²) < 4.78 is 0. The third-order valence-electron chi connectivity index (χ3n) is 2.84. The first-order valence-electron chi connectivity index (χ1n) is 5.97. The van der Waals surface area contributed by atoms with Crippen molar-refractivity contribution in [3.05, 3.63) is 0 Å². The molecule has 0 aliphatic rings. The second-order valence-electron chi connectivity index (χ2n) is 6.47. The summed E-state index contributed by atoms with van der Waals surface area (Å²) in [4.78, 5) is 0. The second-order valence-corrected chi connectivity index (χ2v) is 6.47. The van der Waals surface area contributed by atoms with Gasteiger partial charge in [0.15, 0.2) is 0 Å². The van der Waals surface area contributed by atoms with Crippen molar-refractivity contribution < 1.29 is 0 Å². The van der Waals surface area contributed by atoms with Gasteiger partial charge in [0.2, 0.25) is 0 Å². The van der Waals surface area contributed by atoms with E-state index < -0.39 is 0 Å². The summed E-state index contributed by atoms with van der Waals surface area (Å²) in [6, 6.07) is 0. The van der Waals surface area contributed by atoms with Gasteiger partial charge < -0.3 is 5.73 Å². The SMILES string of the molecule is CC(C)(C)CCCC(C)(C)CCCN. The van der Waals surface area contributed by atoms with E-state index in [2.05, 4.69) is 34.6 Å². The average molecular weight is 199 g/mol. The summed E-state index contributed by atoms with van der Waals surface area (Å²) in [5, 5.41) is 0. The highest BCUT2D eigenvalue weighted by atomic mass is 14.5. The normalized spacial score (nSPS) is 13.3. The molecule has 0 aromatic heterocycles. The van der Waals surface area contributed by atoms with Gasteiger partial charge in [-0.25, -0.2) is 0 Å². The van der Waals surface area contributed by atoms with Crippen molar-refractivity contribution in [1.82, 2.24) is 0 Å². The lowest BCUT2D eigenvalue weighted by molar-refractivity contribution is 0.262. The molecule has 1 nitrogen and oxygen atoms in total. The Morgan fingerprint density at radius 3 is 1.71 bits per heavy atom. The Kier molecular flexibility index (Phi) is 5.73. The maximum absolute atomic E-state index is 5.53. The summed E-state index contributed by atoms with van der Waals surface area (Å²) in [6.45, 7) is 12.5. The van der Waals surface area contributed by atoms with Crippen LogP contribution in [0.5, 0.6) is 0 Å². The van der Waals surface area contributed by atoms with E-state index in [-0.39, 0.29) is 0 Å². The van der Waals surface area contributed by atoms with Gasteiger partial charge in [0.1, 0.15) is 0 Å². The molecule has 0 spiro atoms. The summed E-state index contributed by atoms with van der Waals surface area (Å²) in [5.41, 5.74) is 6.51. The summed E-state index contributed by atoms with van der Waals surface area (Å²) in [7, 11) is 0. The molecular weight excluding hydrogens is 170 g/mol. The predicted molar refractivity (Wildman–Crippen MR) is 65.4 cm³/mol. The molecule has 0 unspecified atom stereocenters. The van der Waals surface area contributed by atoms with Crippen LogP contribution in [0, 0.1) is 10.8 Å². The molecular formula is C13H29N. The number of rotatable bonds is 6. The number of hydrogen-bond acceptors (Lipinski definition) is 1. The zero-order valence-corrected chi connectivity index (χ0v) is 10.8. The van der Waals surface area contributed by atoms with E-state index in [1.165, 1.54) is 32.1 Å². The molecule has 0 aromatic carbocycles. The van der Waals surface area contributed by atoms with Gasteiger partial charge in [-0.15, -0.1) is 0 Å². The van der Waals surface area contributed by atoms with Gasteiger partial charge in [0.25, 0.3) is 0 Å². The van der Waals surface area contributed by atoms with Crippen molar-refractivity contribution in [3.8, 4) is 0 Å². The third-order valence-corrected chi connectivity index (χ3v) is 2.84. The molecule has 86 valence electrons. The van der Waals surface area contributed by atoms with Crippen LogP contribution in [0.1, 0.15) is 66.7 Å². The molecule has 1 heteroatoms. The van der Waals surface area contributed by atoms with Crippen LogP contribution in [-0.2, 0) is 0 Å². The van der Waals surface area contributed by atoms with Gasteiger partial charge in [0.05, 0.1) is 0 Å². The fourth-order valence-corrected chi connectivity index (χ4v) is 1.80. The van der Waals surface area contributed by atoms with Crippen LogP contribution in [0.3, 0.4) is 0 Å². The first kappa shape index (κ1) is 14.0. The molecule has 2 N–H and O–H groups in total. The predicted octanol–water partition coefficient (Wildman–Crippen LogP) is 3.97. The molecule has 0 bridgehead atoms. The Morgan fingerprint density at radius 1 is 0.786 bits per heavy atom. The molecule has 14 heavy (non-hydrogen) atoms. The highest BCUT2D eigenvalue weighted by Gasteiger charge is 2.18. The van der Waals surface area contributed by atoms with Crippen molar-refractivity contribution in [2.45, 2.75) is 66.7 Å². The van der Waals surface area contributed by atoms with Crippen LogP contribution in [0.25, 0.3) is 0 Å². The Bertz CT molecular complexity index is 142. The van der Waals surface area contributed by atoms with Crippen LogP contribution in [0.4, 0.5) is 0 Å². The molecule has 0 amide bonds. The monoisotopic (exact) mass is 199 g/mol. The van der Waals surface area contributed by atoms with Crippen LogP contribution in [-0.4, -0.2) is 6.54 Å². The quantitative estimate of drug-likeness (QED) is 0.688. The molecule has 0 heterocycles. The van der Waals surface area contributed by atoms with Crippen molar-refractivity contribution in [3.63, 3.8) is 0 Å². The van der Waals surface area contributed by atoms with Gasteiger partial charge in [-0.2, -0.15) is 0 Å². The van der Waals surface area contributed by atoms with Gasteiger partial charge in [0, 0.05) is 0 Å². The van der Waals surface area contributed by atoms with Crippen molar-refractivity contribution in [1.29, 1.82) is 0 Å². The fourth-order valence-electron chi connectivity index (χ4n) is 1.80. The van der Waals surface area contributed by atoms with Crippen molar-refractivity contribution in [2.24, 2.45) is 16.6 Å². The second kappa shape index (κ2) is 5.75. The minimum Gasteiger partial charge on any atom is -0.330 e. The van der Waals surface area contributed by atoms with Crippen LogP contribution in [0.2, 0.25) is 0 Å². The summed E-state index contributed by atoms with van der Waals surface area (Å²) >= 11 is 0. The molecule has 0 rings (SSSR count).